The molecule has 1 fully saturated rings. The highest BCUT2D eigenvalue weighted by molar-refractivity contribution is 6.30. The third kappa shape index (κ3) is 3.30. The molecule has 0 bridgehead atoms. The van der Waals surface area contributed by atoms with Crippen LogP contribution in [-0.4, -0.2) is 34.1 Å². The van der Waals surface area contributed by atoms with Crippen LogP contribution < -0.4 is 0 Å². The normalized spacial score (nSPS) is 15.5. The number of amides is 1. The molecule has 2 aromatic heterocycles. The second-order valence-corrected chi connectivity index (χ2v) is 6.43. The van der Waals surface area contributed by atoms with Crippen LogP contribution in [0.2, 0.25) is 5.02 Å². The Morgan fingerprint density at radius 1 is 1.12 bits per heavy atom. The molecule has 3 aromatic rings. The number of furan rings is 1. The Morgan fingerprint density at radius 3 is 2.56 bits per heavy atom. The van der Waals surface area contributed by atoms with E-state index in [2.05, 4.69) is 10.2 Å². The molecule has 0 N–H and O–H groups in total. The predicted octanol–water partition coefficient (Wildman–Crippen LogP) is 4.00. The first-order chi connectivity index (χ1) is 12.2. The maximum absolute atomic E-state index is 12.5. The minimum Gasteiger partial charge on any atom is -0.459 e. The number of halogens is 1. The van der Waals surface area contributed by atoms with Gasteiger partial charge in [-0.25, -0.2) is 0 Å². The van der Waals surface area contributed by atoms with Crippen LogP contribution in [0.4, 0.5) is 0 Å². The summed E-state index contributed by atoms with van der Waals surface area (Å²) >= 11 is 5.87. The molecule has 4 rings (SSSR count). The zero-order valence-corrected chi connectivity index (χ0v) is 14.1. The zero-order chi connectivity index (χ0) is 17.2. The number of benzene rings is 1. The summed E-state index contributed by atoms with van der Waals surface area (Å²) in [6.07, 6.45) is 3.15. The summed E-state index contributed by atoms with van der Waals surface area (Å²) in [6.45, 7) is 1.31. The van der Waals surface area contributed by atoms with E-state index in [-0.39, 0.29) is 11.8 Å². The largest absolute Gasteiger partial charge is 0.459 e. The fourth-order valence-corrected chi connectivity index (χ4v) is 3.13. The molecule has 0 atom stereocenters. The second kappa shape index (κ2) is 6.72. The van der Waals surface area contributed by atoms with Crippen LogP contribution in [0.5, 0.6) is 0 Å². The second-order valence-electron chi connectivity index (χ2n) is 6.00. The van der Waals surface area contributed by atoms with E-state index in [1.165, 1.54) is 0 Å². The van der Waals surface area contributed by atoms with Crippen molar-refractivity contribution < 1.29 is 13.6 Å². The molecule has 25 heavy (non-hydrogen) atoms. The molecule has 128 valence electrons. The lowest BCUT2D eigenvalue weighted by molar-refractivity contribution is 0.0706. The van der Waals surface area contributed by atoms with E-state index in [0.29, 0.717) is 41.2 Å². The summed E-state index contributed by atoms with van der Waals surface area (Å²) in [5, 5.41) is 8.80. The van der Waals surface area contributed by atoms with Crippen LogP contribution in [0.3, 0.4) is 0 Å². The highest BCUT2D eigenvalue weighted by Crippen LogP contribution is 2.30. The molecule has 1 aliphatic heterocycles. The van der Waals surface area contributed by atoms with Crippen LogP contribution in [0.1, 0.15) is 35.0 Å². The monoisotopic (exact) mass is 357 g/mol. The van der Waals surface area contributed by atoms with Crippen LogP contribution in [0.15, 0.2) is 51.5 Å². The van der Waals surface area contributed by atoms with Gasteiger partial charge in [-0.15, -0.1) is 10.2 Å². The Balaban J connectivity index is 1.40. The molecule has 0 unspecified atom stereocenters. The van der Waals surface area contributed by atoms with Crippen molar-refractivity contribution in [2.75, 3.05) is 13.1 Å². The Morgan fingerprint density at radius 2 is 1.88 bits per heavy atom. The number of hydrogen-bond donors (Lipinski definition) is 0. The fourth-order valence-electron chi connectivity index (χ4n) is 3.00. The van der Waals surface area contributed by atoms with Crippen molar-refractivity contribution in [2.45, 2.75) is 18.8 Å². The highest BCUT2D eigenvalue weighted by atomic mass is 35.5. The van der Waals surface area contributed by atoms with Gasteiger partial charge in [-0.05, 0) is 49.2 Å². The van der Waals surface area contributed by atoms with Gasteiger partial charge in [0, 0.05) is 29.6 Å². The number of nitrogens with zero attached hydrogens (tertiary/aromatic N) is 3. The third-order valence-electron chi connectivity index (χ3n) is 4.40. The summed E-state index contributed by atoms with van der Waals surface area (Å²) in [4.78, 5) is 14.4. The maximum atomic E-state index is 12.5. The van der Waals surface area contributed by atoms with E-state index in [4.69, 9.17) is 20.4 Å². The van der Waals surface area contributed by atoms with Gasteiger partial charge in [0.15, 0.2) is 5.76 Å². The minimum atomic E-state index is 0.0249. The molecule has 0 radical (unpaired) electrons. The molecule has 0 spiro atoms. The van der Waals surface area contributed by atoms with Crippen LogP contribution in [0, 0.1) is 0 Å². The maximum Gasteiger partial charge on any atom is 0.283 e. The van der Waals surface area contributed by atoms with Crippen LogP contribution in [-0.2, 0) is 0 Å². The quantitative estimate of drug-likeness (QED) is 0.708. The van der Waals surface area contributed by atoms with Gasteiger partial charge in [0.05, 0.1) is 6.26 Å². The average Bonchev–Trinajstić information content (AvgIpc) is 3.33. The van der Waals surface area contributed by atoms with E-state index in [0.717, 1.165) is 12.8 Å². The topological polar surface area (TPSA) is 72.4 Å². The zero-order valence-electron chi connectivity index (χ0n) is 13.4. The number of rotatable bonds is 3. The van der Waals surface area contributed by atoms with Gasteiger partial charge in [0.1, 0.15) is 0 Å². The summed E-state index contributed by atoms with van der Waals surface area (Å²) in [5.74, 6) is 1.74. The van der Waals surface area contributed by atoms with Gasteiger partial charge >= 0.3 is 0 Å². The molecule has 1 saturated heterocycles. The molecular formula is C18H16ClN3O3. The van der Waals surface area contributed by atoms with Crippen LogP contribution >= 0.6 is 11.6 Å². The van der Waals surface area contributed by atoms with E-state index in [1.54, 1.807) is 42.7 Å². The van der Waals surface area contributed by atoms with Gasteiger partial charge in [-0.3, -0.25) is 4.79 Å². The molecule has 6 nitrogen and oxygen atoms in total. The molecule has 1 aromatic carbocycles. The average molecular weight is 358 g/mol. The molecule has 7 heteroatoms. The SMILES string of the molecule is O=C(c1ccc(Cl)cc1)N1CCC(c2nnc(-c3ccco3)o2)CC1. The summed E-state index contributed by atoms with van der Waals surface area (Å²) in [6, 6.07) is 10.5. The van der Waals surface area contributed by atoms with E-state index < -0.39 is 0 Å². The molecule has 0 aliphatic carbocycles. The molecule has 1 aliphatic rings. The molecule has 1 amide bonds. The molecule has 0 saturated carbocycles. The first-order valence-corrected chi connectivity index (χ1v) is 8.50. The lowest BCUT2D eigenvalue weighted by Gasteiger charge is -2.30. The van der Waals surface area contributed by atoms with Crippen LogP contribution in [0.25, 0.3) is 11.7 Å². The Bertz CT molecular complexity index is 850. The van der Waals surface area contributed by atoms with E-state index >= 15 is 0 Å². The van der Waals surface area contributed by atoms with Gasteiger partial charge in [-0.1, -0.05) is 11.6 Å². The molecule has 3 heterocycles. The van der Waals surface area contributed by atoms with Crippen molar-refractivity contribution in [1.29, 1.82) is 0 Å². The van der Waals surface area contributed by atoms with E-state index in [9.17, 15) is 4.79 Å². The third-order valence-corrected chi connectivity index (χ3v) is 4.65. The Hall–Kier alpha value is -2.60. The fraction of sp³-hybridized carbons (Fsp3) is 0.278. The number of likely N-dealkylation sites (tertiary alicyclic amines) is 1. The van der Waals surface area contributed by atoms with Gasteiger partial charge in [0.2, 0.25) is 5.89 Å². The van der Waals surface area contributed by atoms with Crippen molar-refractivity contribution in [3.05, 3.63) is 59.1 Å². The van der Waals surface area contributed by atoms with Gasteiger partial charge < -0.3 is 13.7 Å². The number of carbonyl (C=O) groups excluding carboxylic acids is 1. The Kier molecular flexibility index (Phi) is 4.28. The van der Waals surface area contributed by atoms with Gasteiger partial charge in [-0.2, -0.15) is 0 Å². The first-order valence-electron chi connectivity index (χ1n) is 8.13. The number of carbonyl (C=O) groups is 1. The first kappa shape index (κ1) is 15.9. The number of piperidine rings is 1. The minimum absolute atomic E-state index is 0.0249. The van der Waals surface area contributed by atoms with Crippen molar-refractivity contribution in [1.82, 2.24) is 15.1 Å². The highest BCUT2D eigenvalue weighted by Gasteiger charge is 2.28. The summed E-state index contributed by atoms with van der Waals surface area (Å²) in [7, 11) is 0. The summed E-state index contributed by atoms with van der Waals surface area (Å²) < 4.78 is 11.0. The molecular weight excluding hydrogens is 342 g/mol. The smallest absolute Gasteiger partial charge is 0.283 e. The lowest BCUT2D eigenvalue weighted by Crippen LogP contribution is -2.37. The number of aromatic nitrogens is 2. The van der Waals surface area contributed by atoms with Crippen molar-refractivity contribution in [3.8, 4) is 11.7 Å². The Labute approximate surface area is 149 Å². The standard InChI is InChI=1S/C18H16ClN3O3/c19-14-5-3-13(4-6-14)18(23)22-9-7-12(8-10-22)16-20-21-17(25-16)15-2-1-11-24-15/h1-6,11-12H,7-10H2. The van der Waals surface area contributed by atoms with Crippen molar-refractivity contribution >= 4 is 17.5 Å². The number of hydrogen-bond acceptors (Lipinski definition) is 5. The van der Waals surface area contributed by atoms with Crippen molar-refractivity contribution in [2.24, 2.45) is 0 Å². The van der Waals surface area contributed by atoms with Gasteiger partial charge in [0.25, 0.3) is 11.8 Å². The van der Waals surface area contributed by atoms with E-state index in [1.807, 2.05) is 4.90 Å². The lowest BCUT2D eigenvalue weighted by atomic mass is 9.96. The van der Waals surface area contributed by atoms with Crippen molar-refractivity contribution in [3.63, 3.8) is 0 Å². The predicted molar refractivity (Wildman–Crippen MR) is 91.3 cm³/mol. The summed E-state index contributed by atoms with van der Waals surface area (Å²) in [5.41, 5.74) is 0.653.